The lowest BCUT2D eigenvalue weighted by atomic mass is 9.94. The topological polar surface area (TPSA) is 21.3 Å². The van der Waals surface area contributed by atoms with Crippen LogP contribution in [0.1, 0.15) is 32.3 Å². The van der Waals surface area contributed by atoms with E-state index in [4.69, 9.17) is 4.74 Å². The van der Waals surface area contributed by atoms with Crippen LogP contribution in [0.2, 0.25) is 0 Å². The second-order valence-corrected chi connectivity index (χ2v) is 5.77. The molecule has 1 aromatic rings. The van der Waals surface area contributed by atoms with E-state index in [1.807, 2.05) is 0 Å². The third-order valence-electron chi connectivity index (χ3n) is 2.80. The van der Waals surface area contributed by atoms with Crippen molar-refractivity contribution >= 4 is 0 Å². The molecule has 2 nitrogen and oxygen atoms in total. The zero-order valence-corrected chi connectivity index (χ0v) is 10.4. The Morgan fingerprint density at radius 1 is 1.19 bits per heavy atom. The fraction of sp³-hybridized carbons (Fsp3) is 0.571. The predicted molar refractivity (Wildman–Crippen MR) is 67.0 cm³/mol. The first-order valence-electron chi connectivity index (χ1n) is 5.98. The molecule has 1 aromatic carbocycles. The van der Waals surface area contributed by atoms with Gasteiger partial charge in [0.05, 0.1) is 6.61 Å². The molecule has 1 saturated heterocycles. The van der Waals surface area contributed by atoms with Gasteiger partial charge in [0, 0.05) is 19.0 Å². The van der Waals surface area contributed by atoms with Crippen LogP contribution in [0.25, 0.3) is 0 Å². The Balaban J connectivity index is 1.91. The Hall–Kier alpha value is -1.02. The molecule has 0 unspecified atom stereocenters. The van der Waals surface area contributed by atoms with E-state index in [9.17, 15) is 0 Å². The van der Waals surface area contributed by atoms with Crippen molar-refractivity contribution in [2.75, 3.05) is 19.7 Å². The Kier molecular flexibility index (Phi) is 3.20. The minimum Gasteiger partial charge on any atom is -0.493 e. The van der Waals surface area contributed by atoms with Gasteiger partial charge in [-0.3, -0.25) is 0 Å². The van der Waals surface area contributed by atoms with Crippen LogP contribution in [-0.2, 0) is 0 Å². The Morgan fingerprint density at radius 2 is 1.81 bits per heavy atom. The van der Waals surface area contributed by atoms with Gasteiger partial charge in [0.25, 0.3) is 0 Å². The predicted octanol–water partition coefficient (Wildman–Crippen LogP) is 2.80. The van der Waals surface area contributed by atoms with Crippen LogP contribution < -0.4 is 10.1 Å². The molecule has 2 rings (SSSR count). The number of rotatable bonds is 3. The summed E-state index contributed by atoms with van der Waals surface area (Å²) in [5.74, 6) is 1.68. The van der Waals surface area contributed by atoms with E-state index >= 15 is 0 Å². The van der Waals surface area contributed by atoms with Crippen LogP contribution in [0.5, 0.6) is 5.75 Å². The zero-order valence-electron chi connectivity index (χ0n) is 10.4. The van der Waals surface area contributed by atoms with Gasteiger partial charge in [0.1, 0.15) is 5.75 Å². The maximum atomic E-state index is 5.74. The molecule has 0 atom stereocenters. The monoisotopic (exact) mass is 219 g/mol. The summed E-state index contributed by atoms with van der Waals surface area (Å²) < 4.78 is 5.74. The molecule has 0 aliphatic carbocycles. The maximum Gasteiger partial charge on any atom is 0.119 e. The van der Waals surface area contributed by atoms with Gasteiger partial charge in [0.15, 0.2) is 0 Å². The van der Waals surface area contributed by atoms with Gasteiger partial charge < -0.3 is 10.1 Å². The van der Waals surface area contributed by atoms with E-state index in [2.05, 4.69) is 50.4 Å². The SMILES string of the molecule is CC(C)(C)COc1ccc(C2CNC2)cc1. The van der Waals surface area contributed by atoms with Crippen molar-refractivity contribution in [1.29, 1.82) is 0 Å². The molecule has 2 heteroatoms. The minimum absolute atomic E-state index is 0.219. The molecule has 0 spiro atoms. The number of hydrogen-bond donors (Lipinski definition) is 1. The molecule has 1 heterocycles. The lowest BCUT2D eigenvalue weighted by Crippen LogP contribution is -2.39. The lowest BCUT2D eigenvalue weighted by Gasteiger charge is -2.27. The average Bonchev–Trinajstić information content (AvgIpc) is 2.13. The van der Waals surface area contributed by atoms with Crippen LogP contribution in [0.15, 0.2) is 24.3 Å². The second kappa shape index (κ2) is 4.46. The molecule has 1 aliphatic rings. The number of nitrogens with one attached hydrogen (secondary N) is 1. The Bertz CT molecular complexity index is 333. The molecular weight excluding hydrogens is 198 g/mol. The van der Waals surface area contributed by atoms with E-state index in [1.54, 1.807) is 0 Å². The van der Waals surface area contributed by atoms with Gasteiger partial charge in [-0.2, -0.15) is 0 Å². The van der Waals surface area contributed by atoms with E-state index in [-0.39, 0.29) is 5.41 Å². The molecule has 0 bridgehead atoms. The number of hydrogen-bond acceptors (Lipinski definition) is 2. The number of benzene rings is 1. The molecule has 0 aromatic heterocycles. The van der Waals surface area contributed by atoms with Crippen molar-refractivity contribution in [3.8, 4) is 5.75 Å². The molecule has 1 aliphatic heterocycles. The summed E-state index contributed by atoms with van der Waals surface area (Å²) in [7, 11) is 0. The summed E-state index contributed by atoms with van der Waals surface area (Å²) >= 11 is 0. The summed E-state index contributed by atoms with van der Waals surface area (Å²) in [6.45, 7) is 9.53. The number of ether oxygens (including phenoxy) is 1. The summed E-state index contributed by atoms with van der Waals surface area (Å²) in [5.41, 5.74) is 1.64. The third kappa shape index (κ3) is 2.99. The molecule has 16 heavy (non-hydrogen) atoms. The Morgan fingerprint density at radius 3 is 2.25 bits per heavy atom. The molecule has 0 saturated carbocycles. The molecule has 0 amide bonds. The lowest BCUT2D eigenvalue weighted by molar-refractivity contribution is 0.198. The Labute approximate surface area is 98.0 Å². The van der Waals surface area contributed by atoms with Crippen molar-refractivity contribution in [2.45, 2.75) is 26.7 Å². The van der Waals surface area contributed by atoms with E-state index < -0.39 is 0 Å². The fourth-order valence-electron chi connectivity index (χ4n) is 1.66. The molecular formula is C14H21NO. The van der Waals surface area contributed by atoms with Crippen LogP contribution >= 0.6 is 0 Å². The summed E-state index contributed by atoms with van der Waals surface area (Å²) in [6.07, 6.45) is 0. The third-order valence-corrected chi connectivity index (χ3v) is 2.80. The van der Waals surface area contributed by atoms with Gasteiger partial charge in [-0.15, -0.1) is 0 Å². The van der Waals surface area contributed by atoms with Crippen molar-refractivity contribution in [3.63, 3.8) is 0 Å². The second-order valence-electron chi connectivity index (χ2n) is 5.77. The maximum absolute atomic E-state index is 5.74. The van der Waals surface area contributed by atoms with Crippen molar-refractivity contribution in [2.24, 2.45) is 5.41 Å². The summed E-state index contributed by atoms with van der Waals surface area (Å²) in [4.78, 5) is 0. The van der Waals surface area contributed by atoms with Crippen molar-refractivity contribution in [1.82, 2.24) is 5.32 Å². The molecule has 1 N–H and O–H groups in total. The quantitative estimate of drug-likeness (QED) is 0.844. The highest BCUT2D eigenvalue weighted by molar-refractivity contribution is 5.30. The van der Waals surface area contributed by atoms with Gasteiger partial charge in [-0.05, 0) is 23.1 Å². The van der Waals surface area contributed by atoms with Gasteiger partial charge in [-0.25, -0.2) is 0 Å². The molecule has 1 fully saturated rings. The highest BCUT2D eigenvalue weighted by Gasteiger charge is 2.18. The standard InChI is InChI=1S/C14H21NO/c1-14(2,3)10-16-13-6-4-11(5-7-13)12-8-15-9-12/h4-7,12,15H,8-10H2,1-3H3. The van der Waals surface area contributed by atoms with Gasteiger partial charge in [-0.1, -0.05) is 32.9 Å². The zero-order chi connectivity index (χ0) is 11.6. The van der Waals surface area contributed by atoms with Gasteiger partial charge >= 0.3 is 0 Å². The van der Waals surface area contributed by atoms with Crippen LogP contribution in [0.3, 0.4) is 0 Å². The fourth-order valence-corrected chi connectivity index (χ4v) is 1.66. The highest BCUT2D eigenvalue weighted by Crippen LogP contribution is 2.23. The highest BCUT2D eigenvalue weighted by atomic mass is 16.5. The summed E-state index contributed by atoms with van der Waals surface area (Å²) in [6, 6.07) is 8.53. The van der Waals surface area contributed by atoms with Crippen LogP contribution in [0.4, 0.5) is 0 Å². The van der Waals surface area contributed by atoms with E-state index in [1.165, 1.54) is 5.56 Å². The normalized spacial score (nSPS) is 16.9. The average molecular weight is 219 g/mol. The largest absolute Gasteiger partial charge is 0.493 e. The van der Waals surface area contributed by atoms with Crippen LogP contribution in [-0.4, -0.2) is 19.7 Å². The molecule has 0 radical (unpaired) electrons. The summed E-state index contributed by atoms with van der Waals surface area (Å²) in [5, 5.41) is 3.29. The first-order valence-corrected chi connectivity index (χ1v) is 5.98. The first kappa shape index (κ1) is 11.5. The smallest absolute Gasteiger partial charge is 0.119 e. The van der Waals surface area contributed by atoms with E-state index in [0.29, 0.717) is 5.92 Å². The van der Waals surface area contributed by atoms with E-state index in [0.717, 1.165) is 25.4 Å². The molecule has 88 valence electrons. The first-order chi connectivity index (χ1) is 7.54. The van der Waals surface area contributed by atoms with Crippen LogP contribution in [0, 0.1) is 5.41 Å². The van der Waals surface area contributed by atoms with Crippen molar-refractivity contribution in [3.05, 3.63) is 29.8 Å². The van der Waals surface area contributed by atoms with Crippen molar-refractivity contribution < 1.29 is 4.74 Å². The minimum atomic E-state index is 0.219. The van der Waals surface area contributed by atoms with Gasteiger partial charge in [0.2, 0.25) is 0 Å².